The van der Waals surface area contributed by atoms with Crippen LogP contribution < -0.4 is 0 Å². The van der Waals surface area contributed by atoms with Crippen molar-refractivity contribution in [1.29, 1.82) is 0 Å². The summed E-state index contributed by atoms with van der Waals surface area (Å²) in [7, 11) is 0. The fourth-order valence-corrected chi connectivity index (χ4v) is 1.64. The van der Waals surface area contributed by atoms with Crippen LogP contribution in [0.5, 0.6) is 0 Å². The van der Waals surface area contributed by atoms with Crippen molar-refractivity contribution in [3.05, 3.63) is 83.9 Å². The molecule has 0 saturated carbocycles. The summed E-state index contributed by atoms with van der Waals surface area (Å²) in [6, 6.07) is 20.7. The Morgan fingerprint density at radius 1 is 0.600 bits per heavy atom. The molecule has 0 atom stereocenters. The Balaban J connectivity index is 0.000000200. The Morgan fingerprint density at radius 2 is 0.950 bits per heavy atom. The quantitative estimate of drug-likeness (QED) is 0.615. The van der Waals surface area contributed by atoms with Crippen molar-refractivity contribution in [2.75, 3.05) is 0 Å². The molecule has 0 nitrogen and oxygen atoms in total. The number of hydrogen-bond acceptors (Lipinski definition) is 0. The molecule has 0 aliphatic heterocycles. The largest absolute Gasteiger partial charge is 0.0842 e. The van der Waals surface area contributed by atoms with Gasteiger partial charge < -0.3 is 0 Å². The minimum Gasteiger partial charge on any atom is -0.0842 e. The third-order valence-corrected chi connectivity index (χ3v) is 2.69. The van der Waals surface area contributed by atoms with E-state index < -0.39 is 0 Å². The molecule has 0 amide bonds. The van der Waals surface area contributed by atoms with Crippen LogP contribution in [0.15, 0.2) is 72.8 Å². The first-order chi connectivity index (χ1) is 9.86. The van der Waals surface area contributed by atoms with Crippen LogP contribution in [0.2, 0.25) is 0 Å². The molecule has 2 aromatic rings. The highest BCUT2D eigenvalue weighted by molar-refractivity contribution is 5.48. The average molecular weight is 264 g/mol. The molecule has 0 saturated heterocycles. The highest BCUT2D eigenvalue weighted by Crippen LogP contribution is 2.01. The normalized spacial score (nSPS) is 10.5. The zero-order valence-electron chi connectivity index (χ0n) is 12.5. The number of rotatable bonds is 4. The van der Waals surface area contributed by atoms with Crippen molar-refractivity contribution >= 4 is 12.2 Å². The summed E-state index contributed by atoms with van der Waals surface area (Å²) in [6.45, 7) is 4.28. The van der Waals surface area contributed by atoms with Crippen LogP contribution in [0.4, 0.5) is 0 Å². The molecular weight excluding hydrogens is 240 g/mol. The van der Waals surface area contributed by atoms with Gasteiger partial charge >= 0.3 is 0 Å². The molecular formula is C20H24. The Hall–Kier alpha value is -2.08. The van der Waals surface area contributed by atoms with Gasteiger partial charge in [-0.05, 0) is 24.0 Å². The van der Waals surface area contributed by atoms with E-state index in [4.69, 9.17) is 0 Å². The molecule has 0 aliphatic carbocycles. The van der Waals surface area contributed by atoms with Gasteiger partial charge in [0.1, 0.15) is 0 Å². The molecule has 0 unspecified atom stereocenters. The maximum absolute atomic E-state index is 2.16. The predicted octanol–water partition coefficient (Wildman–Crippen LogP) is 6.22. The summed E-state index contributed by atoms with van der Waals surface area (Å²) in [5.41, 5.74) is 2.56. The third-order valence-electron chi connectivity index (χ3n) is 2.69. The lowest BCUT2D eigenvalue weighted by Crippen LogP contribution is -1.66. The van der Waals surface area contributed by atoms with Gasteiger partial charge in [0.15, 0.2) is 0 Å². The third kappa shape index (κ3) is 7.38. The predicted molar refractivity (Wildman–Crippen MR) is 91.5 cm³/mol. The monoisotopic (exact) mass is 264 g/mol. The van der Waals surface area contributed by atoms with E-state index in [2.05, 4.69) is 86.7 Å². The zero-order chi connectivity index (χ0) is 14.5. The van der Waals surface area contributed by atoms with Gasteiger partial charge in [-0.1, -0.05) is 98.8 Å². The van der Waals surface area contributed by atoms with Crippen molar-refractivity contribution in [2.45, 2.75) is 26.7 Å². The van der Waals surface area contributed by atoms with E-state index in [1.54, 1.807) is 0 Å². The number of hydrogen-bond donors (Lipinski definition) is 0. The van der Waals surface area contributed by atoms with Gasteiger partial charge in [-0.3, -0.25) is 0 Å². The van der Waals surface area contributed by atoms with Crippen LogP contribution in [0.1, 0.15) is 37.8 Å². The fourth-order valence-electron chi connectivity index (χ4n) is 1.64. The summed E-state index contributed by atoms with van der Waals surface area (Å²) >= 11 is 0. The van der Waals surface area contributed by atoms with E-state index in [0.717, 1.165) is 12.8 Å². The summed E-state index contributed by atoms with van der Waals surface area (Å²) in [5, 5.41) is 0. The first kappa shape index (κ1) is 16.0. The second kappa shape index (κ2) is 10.8. The minimum atomic E-state index is 1.11. The van der Waals surface area contributed by atoms with Crippen LogP contribution in [-0.2, 0) is 0 Å². The van der Waals surface area contributed by atoms with Gasteiger partial charge in [0.2, 0.25) is 0 Å². The lowest BCUT2D eigenvalue weighted by Gasteiger charge is -1.88. The smallest absolute Gasteiger partial charge is 0.0260 e. The molecule has 2 aromatic carbocycles. The Labute approximate surface area is 123 Å². The molecule has 2 rings (SSSR count). The molecule has 0 N–H and O–H groups in total. The van der Waals surface area contributed by atoms with Crippen LogP contribution in [0.25, 0.3) is 12.2 Å². The topological polar surface area (TPSA) is 0 Å². The van der Waals surface area contributed by atoms with E-state index in [9.17, 15) is 0 Å². The molecule has 0 bridgehead atoms. The molecule has 0 fully saturated rings. The summed E-state index contributed by atoms with van der Waals surface area (Å²) in [5.74, 6) is 0. The molecule has 0 radical (unpaired) electrons. The van der Waals surface area contributed by atoms with Crippen molar-refractivity contribution in [3.63, 3.8) is 0 Å². The van der Waals surface area contributed by atoms with Gasteiger partial charge in [0.05, 0.1) is 0 Å². The van der Waals surface area contributed by atoms with Crippen molar-refractivity contribution in [1.82, 2.24) is 0 Å². The van der Waals surface area contributed by atoms with Crippen LogP contribution in [0.3, 0.4) is 0 Å². The minimum absolute atomic E-state index is 1.11. The molecule has 0 heteroatoms. The standard InChI is InChI=1S/2C10H12/c2*1-2-3-7-10-8-5-4-6-9-10/h2*3-9H,2H2,1H3. The summed E-state index contributed by atoms with van der Waals surface area (Å²) in [6.07, 6.45) is 10.8. The van der Waals surface area contributed by atoms with E-state index in [-0.39, 0.29) is 0 Å². The maximum Gasteiger partial charge on any atom is -0.0260 e. The summed E-state index contributed by atoms with van der Waals surface area (Å²) in [4.78, 5) is 0. The van der Waals surface area contributed by atoms with Crippen molar-refractivity contribution < 1.29 is 0 Å². The highest BCUT2D eigenvalue weighted by atomic mass is 13.9. The second-order valence-electron chi connectivity index (χ2n) is 4.44. The maximum atomic E-state index is 2.16. The molecule has 0 aromatic heterocycles. The zero-order valence-corrected chi connectivity index (χ0v) is 12.5. The molecule has 104 valence electrons. The first-order valence-corrected chi connectivity index (χ1v) is 7.30. The second-order valence-corrected chi connectivity index (χ2v) is 4.44. The van der Waals surface area contributed by atoms with Gasteiger partial charge in [-0.15, -0.1) is 0 Å². The Morgan fingerprint density at radius 3 is 1.25 bits per heavy atom. The first-order valence-electron chi connectivity index (χ1n) is 7.30. The summed E-state index contributed by atoms with van der Waals surface area (Å²) < 4.78 is 0. The molecule has 0 spiro atoms. The van der Waals surface area contributed by atoms with Crippen molar-refractivity contribution in [3.8, 4) is 0 Å². The highest BCUT2D eigenvalue weighted by Gasteiger charge is 1.79. The molecule has 20 heavy (non-hydrogen) atoms. The molecule has 0 aliphatic rings. The average Bonchev–Trinajstić information content (AvgIpc) is 2.53. The number of benzene rings is 2. The molecule has 0 heterocycles. The van der Waals surface area contributed by atoms with Gasteiger partial charge in [0, 0.05) is 0 Å². The lowest BCUT2D eigenvalue weighted by molar-refractivity contribution is 1.23. The van der Waals surface area contributed by atoms with Gasteiger partial charge in [-0.2, -0.15) is 0 Å². The van der Waals surface area contributed by atoms with Gasteiger partial charge in [-0.25, -0.2) is 0 Å². The Kier molecular flexibility index (Phi) is 8.63. The van der Waals surface area contributed by atoms with E-state index in [1.807, 2.05) is 12.1 Å². The van der Waals surface area contributed by atoms with Crippen LogP contribution in [-0.4, -0.2) is 0 Å². The van der Waals surface area contributed by atoms with Crippen LogP contribution in [0, 0.1) is 0 Å². The number of allylic oxidation sites excluding steroid dienone is 2. The lowest BCUT2D eigenvalue weighted by atomic mass is 10.2. The van der Waals surface area contributed by atoms with E-state index >= 15 is 0 Å². The van der Waals surface area contributed by atoms with Gasteiger partial charge in [0.25, 0.3) is 0 Å². The van der Waals surface area contributed by atoms with Crippen molar-refractivity contribution in [2.24, 2.45) is 0 Å². The van der Waals surface area contributed by atoms with Crippen LogP contribution >= 0.6 is 0 Å². The SMILES string of the molecule is CCC=Cc1ccccc1.CCC=Cc1ccccc1. The van der Waals surface area contributed by atoms with E-state index in [0.29, 0.717) is 0 Å². The van der Waals surface area contributed by atoms with E-state index in [1.165, 1.54) is 11.1 Å². The Bertz CT molecular complexity index is 443. The fraction of sp³-hybridized carbons (Fsp3) is 0.200.